The largest absolute Gasteiger partial charge is 0.466 e. The number of carbonyl (C=O) groups is 1. The van der Waals surface area contributed by atoms with Crippen molar-refractivity contribution in [3.05, 3.63) is 42.0 Å². The number of nitrogens with zero attached hydrogens (tertiary/aromatic N) is 4. The highest BCUT2D eigenvalue weighted by atomic mass is 16.5. The molecule has 0 aliphatic carbocycles. The van der Waals surface area contributed by atoms with E-state index < -0.39 is 0 Å². The van der Waals surface area contributed by atoms with E-state index >= 15 is 0 Å². The molecule has 0 bridgehead atoms. The molecule has 1 fully saturated rings. The van der Waals surface area contributed by atoms with Gasteiger partial charge in [-0.05, 0) is 39.8 Å². The molecule has 1 aromatic carbocycles. The molecule has 0 atom stereocenters. The van der Waals surface area contributed by atoms with Crippen molar-refractivity contribution in [1.29, 1.82) is 0 Å². The van der Waals surface area contributed by atoms with Crippen LogP contribution < -0.4 is 0 Å². The summed E-state index contributed by atoms with van der Waals surface area (Å²) in [5.74, 6) is 1.46. The molecule has 8 nitrogen and oxygen atoms in total. The van der Waals surface area contributed by atoms with Gasteiger partial charge in [-0.3, -0.25) is 9.69 Å². The fourth-order valence-electron chi connectivity index (χ4n) is 3.61. The normalized spacial score (nSPS) is 15.5. The van der Waals surface area contributed by atoms with Gasteiger partial charge < -0.3 is 13.7 Å². The molecule has 8 heteroatoms. The first-order chi connectivity index (χ1) is 14.2. The fraction of sp³-hybridized carbons (Fsp3) is 0.429. The first kappa shape index (κ1) is 19.3. The number of hydrogen-bond donors (Lipinski definition) is 0. The molecule has 2 aromatic heterocycles. The van der Waals surface area contributed by atoms with E-state index in [4.69, 9.17) is 13.7 Å². The van der Waals surface area contributed by atoms with E-state index in [0.29, 0.717) is 36.4 Å². The van der Waals surface area contributed by atoms with Gasteiger partial charge in [-0.25, -0.2) is 0 Å². The summed E-state index contributed by atoms with van der Waals surface area (Å²) in [7, 11) is 0. The number of carbonyl (C=O) groups excluding carboxylic acids is 1. The van der Waals surface area contributed by atoms with Crippen LogP contribution in [-0.2, 0) is 16.1 Å². The highest BCUT2D eigenvalue weighted by Gasteiger charge is 2.27. The van der Waals surface area contributed by atoms with Crippen LogP contribution in [0.2, 0.25) is 0 Å². The summed E-state index contributed by atoms with van der Waals surface area (Å²) in [6.45, 7) is 6.23. The first-order valence-corrected chi connectivity index (χ1v) is 9.89. The van der Waals surface area contributed by atoms with Gasteiger partial charge >= 0.3 is 5.97 Å². The molecule has 4 rings (SSSR count). The summed E-state index contributed by atoms with van der Waals surface area (Å²) >= 11 is 0. The summed E-state index contributed by atoms with van der Waals surface area (Å²) < 4.78 is 16.4. The topological polar surface area (TPSA) is 94.5 Å². The van der Waals surface area contributed by atoms with Gasteiger partial charge in [-0.2, -0.15) is 0 Å². The molecule has 3 aromatic rings. The third-order valence-corrected chi connectivity index (χ3v) is 5.16. The number of hydrogen-bond acceptors (Lipinski definition) is 8. The quantitative estimate of drug-likeness (QED) is 0.585. The van der Waals surface area contributed by atoms with Crippen LogP contribution in [0.4, 0.5) is 0 Å². The third-order valence-electron chi connectivity index (χ3n) is 5.16. The van der Waals surface area contributed by atoms with E-state index in [1.807, 2.05) is 44.2 Å². The molecule has 152 valence electrons. The van der Waals surface area contributed by atoms with E-state index in [1.165, 1.54) is 0 Å². The summed E-state index contributed by atoms with van der Waals surface area (Å²) in [5.41, 5.74) is 2.34. The minimum Gasteiger partial charge on any atom is -0.466 e. The minimum absolute atomic E-state index is 0.0162. The minimum atomic E-state index is -0.0939. The second-order valence-electron chi connectivity index (χ2n) is 7.13. The van der Waals surface area contributed by atoms with E-state index in [9.17, 15) is 4.79 Å². The summed E-state index contributed by atoms with van der Waals surface area (Å²) in [4.78, 5) is 14.1. The van der Waals surface area contributed by atoms with Gasteiger partial charge in [0, 0.05) is 5.56 Å². The summed E-state index contributed by atoms with van der Waals surface area (Å²) in [6.07, 6.45) is 1.56. The van der Waals surface area contributed by atoms with Crippen LogP contribution in [-0.4, -0.2) is 45.9 Å². The van der Waals surface area contributed by atoms with Gasteiger partial charge in [0.05, 0.1) is 19.1 Å². The van der Waals surface area contributed by atoms with Crippen LogP contribution in [0.25, 0.3) is 22.7 Å². The van der Waals surface area contributed by atoms with Gasteiger partial charge in [0.2, 0.25) is 5.89 Å². The maximum atomic E-state index is 11.9. The smallest absolute Gasteiger partial charge is 0.309 e. The fourth-order valence-corrected chi connectivity index (χ4v) is 3.61. The lowest BCUT2D eigenvalue weighted by Gasteiger charge is -2.29. The van der Waals surface area contributed by atoms with Crippen LogP contribution in [0.1, 0.15) is 31.4 Å². The number of aromatic nitrogens is 3. The Kier molecular flexibility index (Phi) is 5.71. The zero-order valence-electron chi connectivity index (χ0n) is 16.6. The van der Waals surface area contributed by atoms with Crippen LogP contribution in [0.15, 0.2) is 39.3 Å². The average Bonchev–Trinajstić information content (AvgIpc) is 3.35. The Morgan fingerprint density at radius 3 is 2.69 bits per heavy atom. The molecule has 3 heterocycles. The molecule has 29 heavy (non-hydrogen) atoms. The maximum Gasteiger partial charge on any atom is 0.309 e. The monoisotopic (exact) mass is 396 g/mol. The van der Waals surface area contributed by atoms with E-state index in [2.05, 4.69) is 20.3 Å². The molecule has 0 N–H and O–H groups in total. The first-order valence-electron chi connectivity index (χ1n) is 9.89. The van der Waals surface area contributed by atoms with Gasteiger partial charge in [-0.15, -0.1) is 10.2 Å². The van der Waals surface area contributed by atoms with Crippen molar-refractivity contribution in [2.75, 3.05) is 19.7 Å². The number of likely N-dealkylation sites (tertiary alicyclic amines) is 1. The second-order valence-corrected chi connectivity index (χ2v) is 7.13. The average molecular weight is 396 g/mol. The van der Waals surface area contributed by atoms with Crippen molar-refractivity contribution in [2.45, 2.75) is 33.2 Å². The Balaban J connectivity index is 1.44. The molecule has 0 amide bonds. The van der Waals surface area contributed by atoms with Gasteiger partial charge in [0.1, 0.15) is 17.0 Å². The number of ether oxygens (including phenoxy) is 1. The highest BCUT2D eigenvalue weighted by Crippen LogP contribution is 2.33. The Hall–Kier alpha value is -3.00. The van der Waals surface area contributed by atoms with Crippen LogP contribution >= 0.6 is 0 Å². The molecule has 0 spiro atoms. The van der Waals surface area contributed by atoms with E-state index in [0.717, 1.165) is 37.1 Å². The Labute approximate surface area is 168 Å². The van der Waals surface area contributed by atoms with Crippen molar-refractivity contribution in [3.8, 4) is 22.7 Å². The standard InChI is InChI=1S/C21H24N4O4/c1-3-27-21(26)16-9-11-25(12-10-16)13-17-22-23-20(28-17)18-14(2)29-24-19(18)15-7-5-4-6-8-15/h4-8,16H,3,9-13H2,1-2H3. The summed E-state index contributed by atoms with van der Waals surface area (Å²) in [6, 6.07) is 9.77. The lowest BCUT2D eigenvalue weighted by Crippen LogP contribution is -2.36. The van der Waals surface area contributed by atoms with E-state index in [1.54, 1.807) is 0 Å². The van der Waals surface area contributed by atoms with Crippen molar-refractivity contribution in [3.63, 3.8) is 0 Å². The Morgan fingerprint density at radius 2 is 1.97 bits per heavy atom. The van der Waals surface area contributed by atoms with Gasteiger partial charge in [-0.1, -0.05) is 35.5 Å². The highest BCUT2D eigenvalue weighted by molar-refractivity contribution is 5.77. The molecule has 0 saturated carbocycles. The van der Waals surface area contributed by atoms with Gasteiger partial charge in [0.25, 0.3) is 5.89 Å². The SMILES string of the molecule is CCOC(=O)C1CCN(Cc2nnc(-c3c(-c4ccccc4)noc3C)o2)CC1. The third kappa shape index (κ3) is 4.22. The Bertz CT molecular complexity index is 958. The number of esters is 1. The number of benzene rings is 1. The molecule has 1 aliphatic rings. The molecule has 1 aliphatic heterocycles. The number of aryl methyl sites for hydroxylation is 1. The number of piperidine rings is 1. The molecular weight excluding hydrogens is 372 g/mol. The number of rotatable bonds is 6. The second kappa shape index (κ2) is 8.57. The Morgan fingerprint density at radius 1 is 1.21 bits per heavy atom. The molecular formula is C21H24N4O4. The summed E-state index contributed by atoms with van der Waals surface area (Å²) in [5, 5.41) is 12.6. The van der Waals surface area contributed by atoms with Crippen LogP contribution in [0.3, 0.4) is 0 Å². The van der Waals surface area contributed by atoms with Crippen molar-refractivity contribution < 1.29 is 18.5 Å². The van der Waals surface area contributed by atoms with Crippen molar-refractivity contribution in [1.82, 2.24) is 20.3 Å². The van der Waals surface area contributed by atoms with Crippen LogP contribution in [0, 0.1) is 12.8 Å². The molecule has 1 saturated heterocycles. The van der Waals surface area contributed by atoms with Crippen LogP contribution in [0.5, 0.6) is 0 Å². The lowest BCUT2D eigenvalue weighted by molar-refractivity contribution is -0.149. The molecule has 0 radical (unpaired) electrons. The van der Waals surface area contributed by atoms with E-state index in [-0.39, 0.29) is 11.9 Å². The zero-order valence-corrected chi connectivity index (χ0v) is 16.6. The van der Waals surface area contributed by atoms with Crippen molar-refractivity contribution in [2.24, 2.45) is 5.92 Å². The predicted molar refractivity (Wildman–Crippen MR) is 105 cm³/mol. The lowest BCUT2D eigenvalue weighted by atomic mass is 9.97. The zero-order chi connectivity index (χ0) is 20.2. The predicted octanol–water partition coefficient (Wildman–Crippen LogP) is 3.48. The molecule has 0 unspecified atom stereocenters. The van der Waals surface area contributed by atoms with Crippen molar-refractivity contribution >= 4 is 5.97 Å². The maximum absolute atomic E-state index is 11.9. The van der Waals surface area contributed by atoms with Gasteiger partial charge in [0.15, 0.2) is 0 Å².